The number of nitrogens with zero attached hydrogens (tertiary/aromatic N) is 4. The van der Waals surface area contributed by atoms with Crippen LogP contribution in [0.2, 0.25) is 0 Å². The normalized spacial score (nSPS) is 42.5. The van der Waals surface area contributed by atoms with Crippen molar-refractivity contribution < 1.29 is 40.1 Å². The molecule has 4 aliphatic rings. The molecule has 6 N–H and O–H groups in total. The van der Waals surface area contributed by atoms with Gasteiger partial charge in [-0.15, -0.1) is 0 Å². The topological polar surface area (TPSA) is 171 Å². The molecule has 2 fully saturated rings. The number of aliphatic imine (C=N–C) groups is 2. The largest absolute Gasteiger partial charge is 0.459 e. The maximum atomic E-state index is 10.0. The summed E-state index contributed by atoms with van der Waals surface area (Å²) in [5, 5.41) is 59.0. The molecule has 196 valence electrons. The quantitative estimate of drug-likeness (QED) is 0.246. The van der Waals surface area contributed by atoms with Crippen molar-refractivity contribution >= 4 is 12.0 Å². The van der Waals surface area contributed by atoms with Crippen LogP contribution in [0.15, 0.2) is 9.98 Å². The minimum Gasteiger partial charge on any atom is -0.459 e. The number of fused-ring (bicyclic) bond motifs is 2. The van der Waals surface area contributed by atoms with Crippen molar-refractivity contribution in [2.75, 3.05) is 28.2 Å². The number of hydrogen-bond donors (Lipinski definition) is 6. The van der Waals surface area contributed by atoms with Crippen molar-refractivity contribution in [1.82, 2.24) is 9.80 Å². The third-order valence-electron chi connectivity index (χ3n) is 7.08. The Hall–Kier alpha value is -1.70. The lowest BCUT2D eigenvalue weighted by Crippen LogP contribution is -2.54. The number of ether oxygens (including phenoxy) is 2. The molecule has 0 aromatic carbocycles. The van der Waals surface area contributed by atoms with E-state index < -0.39 is 48.7 Å². The van der Waals surface area contributed by atoms with Crippen molar-refractivity contribution in [3.05, 3.63) is 0 Å². The maximum Gasteiger partial charge on any atom is 0.287 e. The molecule has 2 saturated carbocycles. The molecule has 0 aromatic heterocycles. The van der Waals surface area contributed by atoms with Crippen LogP contribution >= 0.6 is 0 Å². The van der Waals surface area contributed by atoms with Crippen molar-refractivity contribution in [3.63, 3.8) is 0 Å². The highest BCUT2D eigenvalue weighted by molar-refractivity contribution is 5.76. The molecule has 2 heterocycles. The van der Waals surface area contributed by atoms with Crippen LogP contribution in [-0.4, -0.2) is 142 Å². The standard InChI is InChI=1S/2C11H20N2O4/c2*1-5(14)6-4-7-8(10(16)9(6)15)12-11(17-7)13(2)3/h2*5-10,14-16H,4H2,1-3H3/t5-,6+,7-,8-,9+,10+;5-,6-,7+,8+,9-,10-/m01/s1. The molecule has 12 nitrogen and oxygen atoms in total. The smallest absolute Gasteiger partial charge is 0.287 e. The van der Waals surface area contributed by atoms with Gasteiger partial charge in [-0.3, -0.25) is 0 Å². The molecular weight excluding hydrogens is 448 g/mol. The van der Waals surface area contributed by atoms with Gasteiger partial charge in [-0.05, 0) is 26.7 Å². The Morgan fingerprint density at radius 1 is 0.676 bits per heavy atom. The Bertz CT molecular complexity index is 699. The fourth-order valence-electron chi connectivity index (χ4n) is 4.99. The van der Waals surface area contributed by atoms with Gasteiger partial charge in [-0.2, -0.15) is 0 Å². The Morgan fingerprint density at radius 2 is 1.00 bits per heavy atom. The molecular formula is C22H40N4O8. The van der Waals surface area contributed by atoms with Gasteiger partial charge in [0.2, 0.25) is 0 Å². The van der Waals surface area contributed by atoms with Crippen molar-refractivity contribution in [1.29, 1.82) is 0 Å². The minimum absolute atomic E-state index is 0.259. The minimum atomic E-state index is -0.981. The molecule has 0 aromatic rings. The van der Waals surface area contributed by atoms with Gasteiger partial charge in [-0.1, -0.05) is 0 Å². The molecule has 12 atom stereocenters. The average molecular weight is 489 g/mol. The van der Waals surface area contributed by atoms with E-state index in [0.717, 1.165) is 0 Å². The summed E-state index contributed by atoms with van der Waals surface area (Å²) in [6.45, 7) is 3.23. The van der Waals surface area contributed by atoms with E-state index in [1.165, 1.54) is 0 Å². The lowest BCUT2D eigenvalue weighted by Gasteiger charge is -2.38. The molecule has 0 amide bonds. The predicted octanol–water partition coefficient (Wildman–Crippen LogP) is -2.41. The van der Waals surface area contributed by atoms with Crippen LogP contribution in [0.3, 0.4) is 0 Å². The van der Waals surface area contributed by atoms with E-state index in [0.29, 0.717) is 24.9 Å². The second-order valence-electron chi connectivity index (χ2n) is 10.1. The monoisotopic (exact) mass is 488 g/mol. The second kappa shape index (κ2) is 10.5. The van der Waals surface area contributed by atoms with Gasteiger partial charge in [0, 0.05) is 40.0 Å². The fourth-order valence-corrected chi connectivity index (χ4v) is 4.99. The van der Waals surface area contributed by atoms with Gasteiger partial charge in [-0.25, -0.2) is 9.98 Å². The van der Waals surface area contributed by atoms with Crippen LogP contribution in [0.1, 0.15) is 26.7 Å². The Morgan fingerprint density at radius 3 is 1.26 bits per heavy atom. The zero-order chi connectivity index (χ0) is 25.5. The molecule has 0 bridgehead atoms. The SMILES string of the molecule is C[C@@H](O)[C@H]1C[C@@H]2OC(N(C)C)=N[C@@H]2[C@@H](O)[C@@H]1O.C[C@H](O)[C@H]1C[C@@H]2OC(N(C)C)=N[C@@H]2[C@@H](O)[C@@H]1O. The average Bonchev–Trinajstić information content (AvgIpc) is 3.38. The first-order valence-corrected chi connectivity index (χ1v) is 11.7. The third-order valence-corrected chi connectivity index (χ3v) is 7.08. The molecule has 0 spiro atoms. The summed E-state index contributed by atoms with van der Waals surface area (Å²) in [6.07, 6.45) is -4.73. The van der Waals surface area contributed by atoms with E-state index in [2.05, 4.69) is 9.98 Å². The highest BCUT2D eigenvalue weighted by atomic mass is 16.5. The van der Waals surface area contributed by atoms with Crippen molar-refractivity contribution in [2.24, 2.45) is 21.8 Å². The summed E-state index contributed by atoms with van der Waals surface area (Å²) >= 11 is 0. The first-order valence-electron chi connectivity index (χ1n) is 11.7. The molecule has 2 aliphatic heterocycles. The first kappa shape index (κ1) is 26.9. The number of hydrogen-bond acceptors (Lipinski definition) is 12. The molecule has 2 aliphatic carbocycles. The van der Waals surface area contributed by atoms with E-state index in [4.69, 9.17) is 9.47 Å². The highest BCUT2D eigenvalue weighted by Gasteiger charge is 2.50. The maximum absolute atomic E-state index is 10.0. The van der Waals surface area contributed by atoms with Crippen LogP contribution in [-0.2, 0) is 9.47 Å². The summed E-state index contributed by atoms with van der Waals surface area (Å²) in [5.74, 6) is -0.745. The molecule has 0 radical (unpaired) electrons. The van der Waals surface area contributed by atoms with Gasteiger partial charge in [0.25, 0.3) is 12.0 Å². The Balaban J connectivity index is 0.000000191. The zero-order valence-electron chi connectivity index (χ0n) is 20.6. The van der Waals surface area contributed by atoms with Gasteiger partial charge < -0.3 is 49.9 Å². The lowest BCUT2D eigenvalue weighted by atomic mass is 9.77. The molecule has 12 heteroatoms. The predicted molar refractivity (Wildman–Crippen MR) is 123 cm³/mol. The van der Waals surface area contributed by atoms with Crippen LogP contribution in [0.25, 0.3) is 0 Å². The van der Waals surface area contributed by atoms with Crippen molar-refractivity contribution in [3.8, 4) is 0 Å². The van der Waals surface area contributed by atoms with Crippen LogP contribution in [0, 0.1) is 11.8 Å². The van der Waals surface area contributed by atoms with E-state index in [-0.39, 0.29) is 24.0 Å². The summed E-state index contributed by atoms with van der Waals surface area (Å²) in [4.78, 5) is 12.0. The van der Waals surface area contributed by atoms with E-state index >= 15 is 0 Å². The lowest BCUT2D eigenvalue weighted by molar-refractivity contribution is -0.111. The molecule has 4 rings (SSSR count). The number of rotatable bonds is 2. The highest BCUT2D eigenvalue weighted by Crippen LogP contribution is 2.36. The summed E-state index contributed by atoms with van der Waals surface area (Å²) < 4.78 is 11.2. The van der Waals surface area contributed by atoms with Crippen LogP contribution in [0.4, 0.5) is 0 Å². The molecule has 34 heavy (non-hydrogen) atoms. The third kappa shape index (κ3) is 5.26. The van der Waals surface area contributed by atoms with E-state index in [9.17, 15) is 30.6 Å². The second-order valence-corrected chi connectivity index (χ2v) is 10.1. The van der Waals surface area contributed by atoms with Gasteiger partial charge in [0.05, 0.1) is 24.4 Å². The number of aliphatic hydroxyl groups excluding tert-OH is 6. The summed E-state index contributed by atoms with van der Waals surface area (Å²) in [5.41, 5.74) is 0. The van der Waals surface area contributed by atoms with Crippen LogP contribution < -0.4 is 0 Å². The number of aliphatic hydroxyl groups is 6. The summed E-state index contributed by atoms with van der Waals surface area (Å²) in [6, 6.07) is 0.0739. The Kier molecular flexibility index (Phi) is 8.31. The van der Waals surface area contributed by atoms with Crippen molar-refractivity contribution in [2.45, 2.75) is 87.6 Å². The fraction of sp³-hybridized carbons (Fsp3) is 0.909. The van der Waals surface area contributed by atoms with Crippen LogP contribution in [0.5, 0.6) is 0 Å². The number of amidine groups is 2. The summed E-state index contributed by atoms with van der Waals surface area (Å²) in [7, 11) is 7.24. The first-order chi connectivity index (χ1) is 15.8. The molecule has 0 saturated heterocycles. The van der Waals surface area contributed by atoms with Gasteiger partial charge >= 0.3 is 0 Å². The Labute approximate surface area is 200 Å². The zero-order valence-corrected chi connectivity index (χ0v) is 20.6. The van der Waals surface area contributed by atoms with E-state index in [1.807, 2.05) is 28.2 Å². The molecule has 0 unspecified atom stereocenters. The van der Waals surface area contributed by atoms with Gasteiger partial charge in [0.15, 0.2) is 0 Å². The van der Waals surface area contributed by atoms with E-state index in [1.54, 1.807) is 23.6 Å². The van der Waals surface area contributed by atoms with Gasteiger partial charge in [0.1, 0.15) is 36.5 Å².